The van der Waals surface area contributed by atoms with E-state index in [0.29, 0.717) is 5.41 Å². The summed E-state index contributed by atoms with van der Waals surface area (Å²) in [5.41, 5.74) is 5.75. The van der Waals surface area contributed by atoms with E-state index in [1.165, 1.54) is 12.8 Å². The fourth-order valence-corrected chi connectivity index (χ4v) is 0.852. The highest BCUT2D eigenvalue weighted by Gasteiger charge is 2.37. The van der Waals surface area contributed by atoms with Crippen LogP contribution in [-0.2, 0) is 4.79 Å². The lowest BCUT2D eigenvalue weighted by atomic mass is 10.1. The van der Waals surface area contributed by atoms with Crippen molar-refractivity contribution in [1.29, 1.82) is 0 Å². The largest absolute Gasteiger partial charge is 0.354 e. The van der Waals surface area contributed by atoms with Crippen LogP contribution in [0.5, 0.6) is 0 Å². The molecule has 3 heteroatoms. The second-order valence-corrected chi connectivity index (χ2v) is 3.82. The molecule has 0 aliphatic heterocycles. The van der Waals surface area contributed by atoms with Crippen molar-refractivity contribution in [2.45, 2.75) is 32.7 Å². The van der Waals surface area contributed by atoms with Crippen LogP contribution in [0.1, 0.15) is 26.7 Å². The average Bonchev–Trinajstić information content (AvgIpc) is 2.64. The number of amides is 1. The maximum atomic E-state index is 11.0. The van der Waals surface area contributed by atoms with E-state index in [1.807, 2.05) is 0 Å². The maximum absolute atomic E-state index is 11.0. The molecule has 0 saturated heterocycles. The molecule has 1 fully saturated rings. The Kier molecular flexibility index (Phi) is 2.18. The first-order valence-electron chi connectivity index (χ1n) is 4.07. The van der Waals surface area contributed by atoms with Gasteiger partial charge >= 0.3 is 0 Å². The van der Waals surface area contributed by atoms with Crippen LogP contribution in [0.2, 0.25) is 0 Å². The van der Waals surface area contributed by atoms with Crippen molar-refractivity contribution in [2.75, 3.05) is 6.54 Å². The van der Waals surface area contributed by atoms with Gasteiger partial charge in [-0.25, -0.2) is 0 Å². The number of hydrogen-bond donors (Lipinski definition) is 2. The van der Waals surface area contributed by atoms with Crippen LogP contribution >= 0.6 is 0 Å². The summed E-state index contributed by atoms with van der Waals surface area (Å²) in [6.07, 6.45) is 2.46. The van der Waals surface area contributed by atoms with E-state index in [2.05, 4.69) is 12.2 Å². The lowest BCUT2D eigenvalue weighted by Crippen LogP contribution is -2.40. The molecular weight excluding hydrogens is 140 g/mol. The molecule has 1 saturated carbocycles. The molecule has 0 bridgehead atoms. The molecule has 64 valence electrons. The summed E-state index contributed by atoms with van der Waals surface area (Å²) in [4.78, 5) is 11.0. The van der Waals surface area contributed by atoms with Crippen LogP contribution in [0.4, 0.5) is 0 Å². The normalized spacial score (nSPS) is 22.5. The molecule has 0 heterocycles. The highest BCUT2D eigenvalue weighted by Crippen LogP contribution is 2.43. The number of carbonyl (C=O) groups excluding carboxylic acids is 1. The fraction of sp³-hybridized carbons (Fsp3) is 0.875. The standard InChI is InChI=1S/C8H16N2O/c1-6(9)7(11)10-5-8(2)3-4-8/h6H,3-5,9H2,1-2H3,(H,10,11). The number of nitrogens with one attached hydrogen (secondary N) is 1. The quantitative estimate of drug-likeness (QED) is 0.615. The van der Waals surface area contributed by atoms with Gasteiger partial charge in [-0.05, 0) is 25.2 Å². The van der Waals surface area contributed by atoms with Gasteiger partial charge in [-0.15, -0.1) is 0 Å². The second-order valence-electron chi connectivity index (χ2n) is 3.82. The summed E-state index contributed by atoms with van der Waals surface area (Å²) in [5, 5.41) is 2.82. The molecule has 1 amide bonds. The summed E-state index contributed by atoms with van der Waals surface area (Å²) in [5.74, 6) is -0.0434. The first-order valence-corrected chi connectivity index (χ1v) is 4.07. The highest BCUT2D eigenvalue weighted by molar-refractivity contribution is 5.80. The van der Waals surface area contributed by atoms with E-state index in [1.54, 1.807) is 6.92 Å². The van der Waals surface area contributed by atoms with Crippen LogP contribution < -0.4 is 11.1 Å². The lowest BCUT2D eigenvalue weighted by Gasteiger charge is -2.11. The Morgan fingerprint density at radius 1 is 1.73 bits per heavy atom. The number of carbonyl (C=O) groups is 1. The zero-order chi connectivity index (χ0) is 8.48. The molecule has 1 aliphatic rings. The molecule has 1 unspecified atom stereocenters. The van der Waals surface area contributed by atoms with Gasteiger partial charge in [0.2, 0.25) is 5.91 Å². The van der Waals surface area contributed by atoms with E-state index in [0.717, 1.165) is 6.54 Å². The maximum Gasteiger partial charge on any atom is 0.236 e. The minimum atomic E-state index is -0.377. The van der Waals surface area contributed by atoms with E-state index < -0.39 is 0 Å². The zero-order valence-electron chi connectivity index (χ0n) is 7.18. The minimum Gasteiger partial charge on any atom is -0.354 e. The van der Waals surface area contributed by atoms with Crippen molar-refractivity contribution < 1.29 is 4.79 Å². The molecule has 11 heavy (non-hydrogen) atoms. The summed E-state index contributed by atoms with van der Waals surface area (Å²) >= 11 is 0. The number of hydrogen-bond acceptors (Lipinski definition) is 2. The Bertz CT molecular complexity index is 161. The Balaban J connectivity index is 2.16. The molecule has 1 atom stereocenters. The summed E-state index contributed by atoms with van der Waals surface area (Å²) in [7, 11) is 0. The molecule has 3 N–H and O–H groups in total. The molecule has 1 aliphatic carbocycles. The summed E-state index contributed by atoms with van der Waals surface area (Å²) < 4.78 is 0. The smallest absolute Gasteiger partial charge is 0.236 e. The monoisotopic (exact) mass is 156 g/mol. The molecule has 0 aromatic heterocycles. The van der Waals surface area contributed by atoms with Crippen LogP contribution in [-0.4, -0.2) is 18.5 Å². The van der Waals surface area contributed by atoms with Gasteiger partial charge in [0.1, 0.15) is 0 Å². The third-order valence-electron chi connectivity index (χ3n) is 2.21. The van der Waals surface area contributed by atoms with Crippen molar-refractivity contribution in [3.8, 4) is 0 Å². The number of rotatable bonds is 3. The zero-order valence-corrected chi connectivity index (χ0v) is 7.18. The Labute approximate surface area is 67.3 Å². The van der Waals surface area contributed by atoms with Crippen molar-refractivity contribution in [2.24, 2.45) is 11.1 Å². The minimum absolute atomic E-state index is 0.0434. The highest BCUT2D eigenvalue weighted by atomic mass is 16.2. The third kappa shape index (κ3) is 2.50. The van der Waals surface area contributed by atoms with E-state index >= 15 is 0 Å². The molecule has 0 aromatic rings. The van der Waals surface area contributed by atoms with Crippen LogP contribution in [0.15, 0.2) is 0 Å². The molecule has 0 aromatic carbocycles. The van der Waals surface area contributed by atoms with Crippen LogP contribution in [0, 0.1) is 5.41 Å². The molecule has 1 rings (SSSR count). The average molecular weight is 156 g/mol. The van der Waals surface area contributed by atoms with Crippen LogP contribution in [0.25, 0.3) is 0 Å². The lowest BCUT2D eigenvalue weighted by molar-refractivity contribution is -0.122. The number of nitrogens with two attached hydrogens (primary N) is 1. The molecular formula is C8H16N2O. The van der Waals surface area contributed by atoms with Crippen molar-refractivity contribution in [3.63, 3.8) is 0 Å². The van der Waals surface area contributed by atoms with Gasteiger partial charge in [-0.3, -0.25) is 4.79 Å². The molecule has 0 radical (unpaired) electrons. The predicted molar refractivity (Wildman–Crippen MR) is 44.0 cm³/mol. The second kappa shape index (κ2) is 2.81. The van der Waals surface area contributed by atoms with E-state index in [9.17, 15) is 4.79 Å². The van der Waals surface area contributed by atoms with Crippen molar-refractivity contribution in [1.82, 2.24) is 5.32 Å². The van der Waals surface area contributed by atoms with Crippen molar-refractivity contribution in [3.05, 3.63) is 0 Å². The topological polar surface area (TPSA) is 55.1 Å². The predicted octanol–water partition coefficient (Wildman–Crippen LogP) is 0.250. The Morgan fingerprint density at radius 2 is 2.27 bits per heavy atom. The van der Waals surface area contributed by atoms with Gasteiger partial charge in [0, 0.05) is 6.54 Å². The SMILES string of the molecule is CC(N)C(=O)NCC1(C)CC1. The van der Waals surface area contributed by atoms with Crippen molar-refractivity contribution >= 4 is 5.91 Å². The van der Waals surface area contributed by atoms with Gasteiger partial charge in [-0.2, -0.15) is 0 Å². The van der Waals surface area contributed by atoms with Crippen LogP contribution in [0.3, 0.4) is 0 Å². The van der Waals surface area contributed by atoms with Gasteiger partial charge in [-0.1, -0.05) is 6.92 Å². The van der Waals surface area contributed by atoms with Gasteiger partial charge in [0.05, 0.1) is 6.04 Å². The van der Waals surface area contributed by atoms with Gasteiger partial charge in [0.25, 0.3) is 0 Å². The first kappa shape index (κ1) is 8.53. The van der Waals surface area contributed by atoms with Gasteiger partial charge in [0.15, 0.2) is 0 Å². The fourth-order valence-electron chi connectivity index (χ4n) is 0.852. The summed E-state index contributed by atoms with van der Waals surface area (Å²) in [6.45, 7) is 4.66. The molecule has 0 spiro atoms. The molecule has 3 nitrogen and oxygen atoms in total. The van der Waals surface area contributed by atoms with E-state index in [4.69, 9.17) is 5.73 Å². The third-order valence-corrected chi connectivity index (χ3v) is 2.21. The Morgan fingerprint density at radius 3 is 2.64 bits per heavy atom. The van der Waals surface area contributed by atoms with Gasteiger partial charge < -0.3 is 11.1 Å². The first-order chi connectivity index (χ1) is 5.03. The summed E-state index contributed by atoms with van der Waals surface area (Å²) in [6, 6.07) is -0.377. The van der Waals surface area contributed by atoms with E-state index in [-0.39, 0.29) is 11.9 Å². The Hall–Kier alpha value is -0.570.